The third kappa shape index (κ3) is 3.44. The van der Waals surface area contributed by atoms with Crippen molar-refractivity contribution in [3.63, 3.8) is 0 Å². The van der Waals surface area contributed by atoms with Gasteiger partial charge in [-0.15, -0.1) is 0 Å². The standard InChI is InChI=1S/C20H23N3O5S/c1-2-28-17-7-6-14(20(21)25)9-18(17)29(26,27)22-10-13-8-15(12-22)16-4-3-5-19(24)23(16)11-13/h3-7,9,13,15H,2,8,10-12H2,1H3,(H2,21,25)/t13-,15+/m1/s1. The highest BCUT2D eigenvalue weighted by atomic mass is 32.2. The van der Waals surface area contributed by atoms with E-state index in [1.54, 1.807) is 17.6 Å². The van der Waals surface area contributed by atoms with Crippen LogP contribution in [-0.2, 0) is 16.6 Å². The Kier molecular flexibility index (Phi) is 4.95. The Morgan fingerprint density at radius 3 is 2.72 bits per heavy atom. The van der Waals surface area contributed by atoms with E-state index in [9.17, 15) is 18.0 Å². The van der Waals surface area contributed by atoms with E-state index >= 15 is 0 Å². The molecule has 2 aromatic rings. The number of hydrogen-bond acceptors (Lipinski definition) is 5. The van der Waals surface area contributed by atoms with E-state index in [-0.39, 0.29) is 40.1 Å². The minimum Gasteiger partial charge on any atom is -0.492 e. The number of sulfonamides is 1. The van der Waals surface area contributed by atoms with Crippen LogP contribution in [0, 0.1) is 5.92 Å². The highest BCUT2D eigenvalue weighted by molar-refractivity contribution is 7.89. The molecule has 1 aromatic carbocycles. The molecule has 8 nitrogen and oxygen atoms in total. The molecule has 2 atom stereocenters. The molecular weight excluding hydrogens is 394 g/mol. The van der Waals surface area contributed by atoms with Crippen molar-refractivity contribution >= 4 is 15.9 Å². The number of carbonyl (C=O) groups is 1. The SMILES string of the molecule is CCOc1ccc(C(N)=O)cc1S(=O)(=O)N1C[C@H]2C[C@@H](C1)c1cccc(=O)n1C2. The first kappa shape index (κ1) is 19.7. The number of hydrogen-bond donors (Lipinski definition) is 1. The molecule has 2 bridgehead atoms. The fourth-order valence-corrected chi connectivity index (χ4v) is 6.04. The van der Waals surface area contributed by atoms with Crippen molar-refractivity contribution in [2.24, 2.45) is 11.7 Å². The number of nitrogens with zero attached hydrogens (tertiary/aromatic N) is 2. The van der Waals surface area contributed by atoms with Crippen LogP contribution in [0.1, 0.15) is 35.3 Å². The molecule has 0 radical (unpaired) electrons. The van der Waals surface area contributed by atoms with Gasteiger partial charge in [0.15, 0.2) is 0 Å². The summed E-state index contributed by atoms with van der Waals surface area (Å²) >= 11 is 0. The highest BCUT2D eigenvalue weighted by Crippen LogP contribution is 2.38. The van der Waals surface area contributed by atoms with Crippen molar-refractivity contribution in [3.8, 4) is 5.75 Å². The van der Waals surface area contributed by atoms with Crippen LogP contribution >= 0.6 is 0 Å². The Balaban J connectivity index is 1.73. The molecule has 1 saturated heterocycles. The lowest BCUT2D eigenvalue weighted by atomic mass is 9.84. The predicted molar refractivity (Wildman–Crippen MR) is 106 cm³/mol. The number of nitrogens with two attached hydrogens (primary N) is 1. The molecule has 4 rings (SSSR count). The lowest BCUT2D eigenvalue weighted by Gasteiger charge is -2.42. The summed E-state index contributed by atoms with van der Waals surface area (Å²) < 4.78 is 35.7. The molecule has 154 valence electrons. The Hall–Kier alpha value is -2.65. The zero-order valence-electron chi connectivity index (χ0n) is 16.1. The summed E-state index contributed by atoms with van der Waals surface area (Å²) in [4.78, 5) is 23.7. The van der Waals surface area contributed by atoms with Gasteiger partial charge in [-0.3, -0.25) is 9.59 Å². The Bertz CT molecular complexity index is 1130. The molecule has 2 aliphatic heterocycles. The monoisotopic (exact) mass is 417 g/mol. The number of aromatic nitrogens is 1. The highest BCUT2D eigenvalue weighted by Gasteiger charge is 2.40. The number of amides is 1. The number of rotatable bonds is 5. The summed E-state index contributed by atoms with van der Waals surface area (Å²) in [5, 5.41) is 0. The Labute approximate surface area is 168 Å². The summed E-state index contributed by atoms with van der Waals surface area (Å²) in [5.74, 6) is -0.509. The number of primary amides is 1. The third-order valence-electron chi connectivity index (χ3n) is 5.59. The minimum absolute atomic E-state index is 0.0472. The maximum absolute atomic E-state index is 13.5. The van der Waals surface area contributed by atoms with Crippen LogP contribution in [0.25, 0.3) is 0 Å². The van der Waals surface area contributed by atoms with Gasteiger partial charge < -0.3 is 15.0 Å². The number of carbonyl (C=O) groups excluding carboxylic acids is 1. The molecule has 1 fully saturated rings. The average molecular weight is 417 g/mol. The summed E-state index contributed by atoms with van der Waals surface area (Å²) in [5.41, 5.74) is 6.27. The van der Waals surface area contributed by atoms with Gasteiger partial charge in [-0.1, -0.05) is 6.07 Å². The molecule has 9 heteroatoms. The molecule has 0 unspecified atom stereocenters. The van der Waals surface area contributed by atoms with E-state index in [2.05, 4.69) is 0 Å². The fraction of sp³-hybridized carbons (Fsp3) is 0.400. The largest absolute Gasteiger partial charge is 0.492 e. The second-order valence-electron chi connectivity index (χ2n) is 7.48. The molecule has 0 spiro atoms. The molecule has 0 aliphatic carbocycles. The number of piperidine rings is 1. The fourth-order valence-electron chi connectivity index (χ4n) is 4.33. The van der Waals surface area contributed by atoms with Gasteiger partial charge in [-0.25, -0.2) is 8.42 Å². The topological polar surface area (TPSA) is 112 Å². The van der Waals surface area contributed by atoms with E-state index in [1.807, 2.05) is 6.07 Å². The van der Waals surface area contributed by atoms with Crippen molar-refractivity contribution in [1.82, 2.24) is 8.87 Å². The van der Waals surface area contributed by atoms with Crippen LogP contribution in [-0.4, -0.2) is 42.9 Å². The normalized spacial score (nSPS) is 21.4. The van der Waals surface area contributed by atoms with Gasteiger partial charge in [0.05, 0.1) is 6.61 Å². The molecule has 1 amide bonds. The number of fused-ring (bicyclic) bond motifs is 4. The molecular formula is C20H23N3O5S. The average Bonchev–Trinajstić information content (AvgIpc) is 2.69. The van der Waals surface area contributed by atoms with Gasteiger partial charge >= 0.3 is 0 Å². The minimum atomic E-state index is -3.91. The molecule has 2 aliphatic rings. The maximum atomic E-state index is 13.5. The van der Waals surface area contributed by atoms with Crippen molar-refractivity contribution in [2.45, 2.75) is 30.7 Å². The molecule has 3 heterocycles. The summed E-state index contributed by atoms with van der Waals surface area (Å²) in [6.45, 7) is 3.14. The quantitative estimate of drug-likeness (QED) is 0.784. The van der Waals surface area contributed by atoms with E-state index in [0.717, 1.165) is 12.1 Å². The smallest absolute Gasteiger partial charge is 0.250 e. The molecule has 2 N–H and O–H groups in total. The maximum Gasteiger partial charge on any atom is 0.250 e. The van der Waals surface area contributed by atoms with E-state index < -0.39 is 15.9 Å². The zero-order chi connectivity index (χ0) is 20.8. The first-order valence-corrected chi connectivity index (χ1v) is 11.0. The Morgan fingerprint density at radius 2 is 2.00 bits per heavy atom. The van der Waals surface area contributed by atoms with Gasteiger partial charge in [0.25, 0.3) is 5.56 Å². The van der Waals surface area contributed by atoms with E-state index in [4.69, 9.17) is 10.5 Å². The van der Waals surface area contributed by atoms with Crippen molar-refractivity contribution in [2.75, 3.05) is 19.7 Å². The molecule has 1 aromatic heterocycles. The Morgan fingerprint density at radius 1 is 1.21 bits per heavy atom. The first-order valence-electron chi connectivity index (χ1n) is 9.57. The van der Waals surface area contributed by atoms with Crippen LogP contribution < -0.4 is 16.0 Å². The summed E-state index contributed by atoms with van der Waals surface area (Å²) in [6, 6.07) is 9.34. The number of ether oxygens (including phenoxy) is 1. The summed E-state index contributed by atoms with van der Waals surface area (Å²) in [7, 11) is -3.91. The van der Waals surface area contributed by atoms with Gasteiger partial charge in [-0.2, -0.15) is 4.31 Å². The zero-order valence-corrected chi connectivity index (χ0v) is 16.9. The predicted octanol–water partition coefficient (Wildman–Crippen LogP) is 1.15. The molecule has 0 saturated carbocycles. The first-order chi connectivity index (χ1) is 13.8. The third-order valence-corrected chi connectivity index (χ3v) is 7.44. The van der Waals surface area contributed by atoms with Gasteiger partial charge in [0.2, 0.25) is 15.9 Å². The van der Waals surface area contributed by atoms with E-state index in [1.165, 1.54) is 28.6 Å². The van der Waals surface area contributed by atoms with Crippen LogP contribution in [0.5, 0.6) is 5.75 Å². The van der Waals surface area contributed by atoms with Crippen LogP contribution in [0.2, 0.25) is 0 Å². The molecule has 29 heavy (non-hydrogen) atoms. The summed E-state index contributed by atoms with van der Waals surface area (Å²) in [6.07, 6.45) is 0.842. The lowest BCUT2D eigenvalue weighted by molar-refractivity contribution is 0.1000. The lowest BCUT2D eigenvalue weighted by Crippen LogP contribution is -2.49. The van der Waals surface area contributed by atoms with Gasteiger partial charge in [0.1, 0.15) is 10.6 Å². The van der Waals surface area contributed by atoms with Gasteiger partial charge in [-0.05, 0) is 43.5 Å². The number of benzene rings is 1. The van der Waals surface area contributed by atoms with E-state index in [0.29, 0.717) is 19.7 Å². The van der Waals surface area contributed by atoms with Crippen LogP contribution in [0.4, 0.5) is 0 Å². The van der Waals surface area contributed by atoms with Gasteiger partial charge in [0, 0.05) is 42.9 Å². The van der Waals surface area contributed by atoms with Crippen molar-refractivity contribution in [3.05, 3.63) is 58.0 Å². The number of pyridine rings is 1. The van der Waals surface area contributed by atoms with Crippen LogP contribution in [0.15, 0.2) is 46.1 Å². The van der Waals surface area contributed by atoms with Crippen LogP contribution in [0.3, 0.4) is 0 Å². The van der Waals surface area contributed by atoms with Crippen molar-refractivity contribution in [1.29, 1.82) is 0 Å². The second kappa shape index (κ2) is 7.31. The second-order valence-corrected chi connectivity index (χ2v) is 9.39. The van der Waals surface area contributed by atoms with Crippen molar-refractivity contribution < 1.29 is 17.9 Å².